The van der Waals surface area contributed by atoms with Crippen LogP contribution in [0.25, 0.3) is 17.2 Å². The minimum absolute atomic E-state index is 0.149. The third kappa shape index (κ3) is 4.32. The van der Waals surface area contributed by atoms with E-state index in [0.29, 0.717) is 11.1 Å². The number of rotatable bonds is 5. The lowest BCUT2D eigenvalue weighted by atomic mass is 10.3. The maximum atomic E-state index is 13.0. The van der Waals surface area contributed by atoms with Gasteiger partial charge in [-0.05, 0) is 24.3 Å². The van der Waals surface area contributed by atoms with Gasteiger partial charge in [0.05, 0.1) is 0 Å². The van der Waals surface area contributed by atoms with Crippen molar-refractivity contribution in [3.05, 3.63) is 54.4 Å². The minimum atomic E-state index is -3.75. The van der Waals surface area contributed by atoms with Gasteiger partial charge in [0, 0.05) is 23.9 Å². The van der Waals surface area contributed by atoms with Gasteiger partial charge in [-0.3, -0.25) is 4.79 Å². The van der Waals surface area contributed by atoms with E-state index in [4.69, 9.17) is 9.15 Å². The summed E-state index contributed by atoms with van der Waals surface area (Å²) in [5.74, 6) is -1.61. The van der Waals surface area contributed by atoms with Crippen molar-refractivity contribution in [1.82, 2.24) is 4.98 Å². The summed E-state index contributed by atoms with van der Waals surface area (Å²) in [4.78, 5) is 27.8. The molecule has 0 unspecified atom stereocenters. The van der Waals surface area contributed by atoms with Crippen LogP contribution >= 0.6 is 0 Å². The van der Waals surface area contributed by atoms with E-state index in [1.54, 1.807) is 24.3 Å². The van der Waals surface area contributed by atoms with Crippen LogP contribution in [0, 0.1) is 0 Å². The number of hydrogen-bond acceptors (Lipinski definition) is 7. The molecule has 0 atom stereocenters. The van der Waals surface area contributed by atoms with Crippen LogP contribution in [0.3, 0.4) is 0 Å². The number of nitrogens with zero attached hydrogens (tertiary/aromatic N) is 1. The number of nitrogens with one attached hydrogen (secondary N) is 1. The van der Waals surface area contributed by atoms with Crippen molar-refractivity contribution in [2.24, 2.45) is 0 Å². The second-order valence-electron chi connectivity index (χ2n) is 5.84. The van der Waals surface area contributed by atoms with Crippen LogP contribution in [0.2, 0.25) is 0 Å². The number of oxazole rings is 1. The fourth-order valence-corrected chi connectivity index (χ4v) is 2.51. The molecular formula is C19H12F2N2O6. The average molecular weight is 402 g/mol. The zero-order chi connectivity index (χ0) is 20.4. The smallest absolute Gasteiger partial charge is 0.452 e. The van der Waals surface area contributed by atoms with E-state index in [1.807, 2.05) is 0 Å². The Morgan fingerprint density at radius 1 is 1.14 bits per heavy atom. The van der Waals surface area contributed by atoms with E-state index >= 15 is 0 Å². The van der Waals surface area contributed by atoms with E-state index in [1.165, 1.54) is 24.3 Å². The number of hydrogen-bond donors (Lipinski definition) is 1. The van der Waals surface area contributed by atoms with E-state index < -0.39 is 24.8 Å². The molecule has 0 saturated carbocycles. The largest absolute Gasteiger partial charge is 0.586 e. The highest BCUT2D eigenvalue weighted by atomic mass is 19.3. The summed E-state index contributed by atoms with van der Waals surface area (Å²) < 4.78 is 44.8. The van der Waals surface area contributed by atoms with Crippen molar-refractivity contribution in [2.45, 2.75) is 6.29 Å². The number of anilines is 1. The molecule has 0 aliphatic carbocycles. The van der Waals surface area contributed by atoms with Crippen molar-refractivity contribution in [2.75, 3.05) is 11.9 Å². The molecule has 3 aromatic rings. The second kappa shape index (κ2) is 7.23. The standard InChI is InChI=1S/C19H12F2N2O6/c20-19(21)28-14-6-5-11(9-15(14)29-19)22-16(24)10-26-18(25)8-7-17-23-12-3-1-2-4-13(12)27-17/h1-9H,10H2,(H,22,24)/b8-7+. The molecule has 0 spiro atoms. The summed E-state index contributed by atoms with van der Waals surface area (Å²) in [5.41, 5.74) is 1.39. The number of ether oxygens (including phenoxy) is 3. The topological polar surface area (TPSA) is 99.9 Å². The predicted molar refractivity (Wildman–Crippen MR) is 95.3 cm³/mol. The monoisotopic (exact) mass is 402 g/mol. The number of halogens is 2. The van der Waals surface area contributed by atoms with Crippen LogP contribution in [-0.2, 0) is 14.3 Å². The van der Waals surface area contributed by atoms with Crippen LogP contribution in [0.4, 0.5) is 14.5 Å². The van der Waals surface area contributed by atoms with Gasteiger partial charge in [-0.1, -0.05) is 12.1 Å². The lowest BCUT2D eigenvalue weighted by molar-refractivity contribution is -0.286. The highest BCUT2D eigenvalue weighted by Gasteiger charge is 2.43. The Bertz CT molecular complexity index is 1090. The maximum Gasteiger partial charge on any atom is 0.586 e. The van der Waals surface area contributed by atoms with E-state index in [2.05, 4.69) is 19.8 Å². The van der Waals surface area contributed by atoms with Gasteiger partial charge in [0.15, 0.2) is 23.7 Å². The predicted octanol–water partition coefficient (Wildman–Crippen LogP) is 3.34. The lowest BCUT2D eigenvalue weighted by Gasteiger charge is -2.06. The summed E-state index contributed by atoms with van der Waals surface area (Å²) in [7, 11) is 0. The van der Waals surface area contributed by atoms with Crippen LogP contribution < -0.4 is 14.8 Å². The molecular weight excluding hydrogens is 390 g/mol. The molecule has 148 valence electrons. The Kier molecular flexibility index (Phi) is 4.59. The average Bonchev–Trinajstić information content (AvgIpc) is 3.22. The molecule has 1 aliphatic rings. The number of esters is 1. The first-order chi connectivity index (χ1) is 13.9. The first-order valence-corrected chi connectivity index (χ1v) is 8.28. The second-order valence-corrected chi connectivity index (χ2v) is 5.84. The van der Waals surface area contributed by atoms with Gasteiger partial charge in [0.1, 0.15) is 5.52 Å². The zero-order valence-corrected chi connectivity index (χ0v) is 14.6. The summed E-state index contributed by atoms with van der Waals surface area (Å²) in [5, 5.41) is 2.39. The SMILES string of the molecule is O=C(COC(=O)/C=C/c1nc2ccccc2o1)Nc1ccc2c(c1)OC(F)(F)O2. The zero-order valence-electron chi connectivity index (χ0n) is 14.6. The molecule has 1 aliphatic heterocycles. The first kappa shape index (κ1) is 18.4. The Labute approximate surface area is 161 Å². The molecule has 10 heteroatoms. The maximum absolute atomic E-state index is 13.0. The number of fused-ring (bicyclic) bond motifs is 2. The molecule has 0 fully saturated rings. The molecule has 8 nitrogen and oxygen atoms in total. The molecule has 4 rings (SSSR count). The number of carbonyl (C=O) groups excluding carboxylic acids is 2. The van der Waals surface area contributed by atoms with Gasteiger partial charge in [-0.2, -0.15) is 0 Å². The molecule has 1 amide bonds. The highest BCUT2D eigenvalue weighted by molar-refractivity contribution is 5.94. The molecule has 1 N–H and O–H groups in total. The third-order valence-electron chi connectivity index (χ3n) is 3.70. The van der Waals surface area contributed by atoms with Crippen molar-refractivity contribution in [3.63, 3.8) is 0 Å². The van der Waals surface area contributed by atoms with E-state index in [9.17, 15) is 18.4 Å². The van der Waals surface area contributed by atoms with Crippen molar-refractivity contribution in [1.29, 1.82) is 0 Å². The minimum Gasteiger partial charge on any atom is -0.452 e. The number of benzene rings is 2. The number of amides is 1. The van der Waals surface area contributed by atoms with Gasteiger partial charge in [-0.15, -0.1) is 8.78 Å². The van der Waals surface area contributed by atoms with Gasteiger partial charge in [0.25, 0.3) is 5.91 Å². The van der Waals surface area contributed by atoms with Gasteiger partial charge in [0.2, 0.25) is 5.89 Å². The number of carbonyl (C=O) groups is 2. The third-order valence-corrected chi connectivity index (χ3v) is 3.70. The normalized spacial score (nSPS) is 14.3. The molecule has 0 radical (unpaired) electrons. The van der Waals surface area contributed by atoms with Crippen LogP contribution in [0.1, 0.15) is 5.89 Å². The summed E-state index contributed by atoms with van der Waals surface area (Å²) in [6, 6.07) is 10.8. The fourth-order valence-electron chi connectivity index (χ4n) is 2.51. The molecule has 0 bridgehead atoms. The number of alkyl halides is 2. The number of para-hydroxylation sites is 2. The van der Waals surface area contributed by atoms with Crippen molar-refractivity contribution >= 4 is 34.7 Å². The Morgan fingerprint density at radius 3 is 2.76 bits per heavy atom. The van der Waals surface area contributed by atoms with E-state index in [-0.39, 0.29) is 23.1 Å². The van der Waals surface area contributed by atoms with Crippen LogP contribution in [0.15, 0.2) is 53.0 Å². The van der Waals surface area contributed by atoms with Gasteiger partial charge >= 0.3 is 12.3 Å². The van der Waals surface area contributed by atoms with Crippen molar-refractivity contribution in [3.8, 4) is 11.5 Å². The molecule has 2 heterocycles. The Morgan fingerprint density at radius 2 is 1.93 bits per heavy atom. The summed E-state index contributed by atoms with van der Waals surface area (Å²) in [6.07, 6.45) is -1.36. The van der Waals surface area contributed by atoms with Gasteiger partial charge in [-0.25, -0.2) is 9.78 Å². The summed E-state index contributed by atoms with van der Waals surface area (Å²) >= 11 is 0. The lowest BCUT2D eigenvalue weighted by Crippen LogP contribution is -2.25. The van der Waals surface area contributed by atoms with Crippen LogP contribution in [-0.4, -0.2) is 29.8 Å². The van der Waals surface area contributed by atoms with E-state index in [0.717, 1.165) is 6.08 Å². The van der Waals surface area contributed by atoms with Crippen molar-refractivity contribution < 1.29 is 37.0 Å². The molecule has 2 aromatic carbocycles. The molecule has 0 saturated heterocycles. The Balaban J connectivity index is 1.29. The highest BCUT2D eigenvalue weighted by Crippen LogP contribution is 2.42. The summed E-state index contributed by atoms with van der Waals surface area (Å²) in [6.45, 7) is -0.582. The number of aromatic nitrogens is 1. The first-order valence-electron chi connectivity index (χ1n) is 8.28. The molecule has 1 aromatic heterocycles. The quantitative estimate of drug-likeness (QED) is 0.516. The molecule has 29 heavy (non-hydrogen) atoms. The van der Waals surface area contributed by atoms with Gasteiger partial charge < -0.3 is 23.9 Å². The fraction of sp³-hybridized carbons (Fsp3) is 0.105. The van der Waals surface area contributed by atoms with Crippen LogP contribution in [0.5, 0.6) is 11.5 Å². The Hall–Kier alpha value is -3.95.